The van der Waals surface area contributed by atoms with Crippen molar-refractivity contribution in [3.63, 3.8) is 0 Å². The highest BCUT2D eigenvalue weighted by Crippen LogP contribution is 2.27. The van der Waals surface area contributed by atoms with Crippen molar-refractivity contribution in [1.82, 2.24) is 4.90 Å². The molecule has 3 nitrogen and oxygen atoms in total. The van der Waals surface area contributed by atoms with Gasteiger partial charge >= 0.3 is 0 Å². The summed E-state index contributed by atoms with van der Waals surface area (Å²) in [4.78, 5) is 13.6. The molecule has 0 aliphatic carbocycles. The third-order valence-electron chi connectivity index (χ3n) is 3.13. The molecule has 0 aromatic carbocycles. The van der Waals surface area contributed by atoms with Gasteiger partial charge in [0.05, 0.1) is 0 Å². The first kappa shape index (κ1) is 10.5. The van der Waals surface area contributed by atoms with Gasteiger partial charge in [-0.2, -0.15) is 0 Å². The molecule has 2 N–H and O–H groups in total. The Morgan fingerprint density at radius 1 is 1.62 bits per heavy atom. The quantitative estimate of drug-likeness (QED) is 0.710. The van der Waals surface area contributed by atoms with Crippen molar-refractivity contribution in [3.8, 4) is 0 Å². The van der Waals surface area contributed by atoms with Gasteiger partial charge in [-0.1, -0.05) is 6.92 Å². The minimum atomic E-state index is 0.000995. The molecule has 0 spiro atoms. The third kappa shape index (κ3) is 2.02. The van der Waals surface area contributed by atoms with E-state index >= 15 is 0 Å². The van der Waals surface area contributed by atoms with Crippen LogP contribution in [0.15, 0.2) is 0 Å². The maximum absolute atomic E-state index is 11.6. The normalized spacial score (nSPS) is 24.2. The van der Waals surface area contributed by atoms with Gasteiger partial charge in [0.15, 0.2) is 0 Å². The molecule has 13 heavy (non-hydrogen) atoms. The number of likely N-dealkylation sites (tertiary alicyclic amines) is 1. The van der Waals surface area contributed by atoms with Crippen LogP contribution in [0.2, 0.25) is 0 Å². The van der Waals surface area contributed by atoms with Crippen LogP contribution in [0.4, 0.5) is 0 Å². The van der Waals surface area contributed by atoms with E-state index in [4.69, 9.17) is 5.73 Å². The van der Waals surface area contributed by atoms with E-state index < -0.39 is 0 Å². The summed E-state index contributed by atoms with van der Waals surface area (Å²) in [6.45, 7) is 7.81. The molecule has 0 radical (unpaired) electrons. The van der Waals surface area contributed by atoms with E-state index in [1.54, 1.807) is 0 Å². The van der Waals surface area contributed by atoms with Crippen molar-refractivity contribution in [3.05, 3.63) is 0 Å². The van der Waals surface area contributed by atoms with Crippen molar-refractivity contribution in [2.75, 3.05) is 13.1 Å². The van der Waals surface area contributed by atoms with Crippen LogP contribution in [0.5, 0.6) is 0 Å². The Morgan fingerprint density at radius 3 is 2.62 bits per heavy atom. The summed E-state index contributed by atoms with van der Waals surface area (Å²) < 4.78 is 0. The summed E-state index contributed by atoms with van der Waals surface area (Å²) >= 11 is 0. The highest BCUT2D eigenvalue weighted by molar-refractivity contribution is 5.79. The van der Waals surface area contributed by atoms with Crippen LogP contribution in [0.25, 0.3) is 0 Å². The summed E-state index contributed by atoms with van der Waals surface area (Å²) in [6.07, 6.45) is 1.63. The number of nitrogens with two attached hydrogens (primary N) is 1. The lowest BCUT2D eigenvalue weighted by Gasteiger charge is -2.35. The van der Waals surface area contributed by atoms with Gasteiger partial charge in [0.2, 0.25) is 5.91 Å². The second-order valence-electron chi connectivity index (χ2n) is 4.48. The van der Waals surface area contributed by atoms with E-state index in [1.807, 2.05) is 4.90 Å². The monoisotopic (exact) mass is 184 g/mol. The average molecular weight is 184 g/mol. The van der Waals surface area contributed by atoms with Crippen LogP contribution >= 0.6 is 0 Å². The van der Waals surface area contributed by atoms with Crippen molar-refractivity contribution in [2.45, 2.75) is 39.2 Å². The van der Waals surface area contributed by atoms with Gasteiger partial charge < -0.3 is 10.6 Å². The van der Waals surface area contributed by atoms with Crippen molar-refractivity contribution in [2.24, 2.45) is 11.7 Å². The molecule has 1 aliphatic heterocycles. The molecule has 3 heteroatoms. The minimum absolute atomic E-state index is 0.000995. The molecular weight excluding hydrogens is 164 g/mol. The predicted molar refractivity (Wildman–Crippen MR) is 53.2 cm³/mol. The Kier molecular flexibility index (Phi) is 2.96. The SMILES string of the molecule is CCC(C)(C)N1CC(CN)CC1=O. The zero-order valence-corrected chi connectivity index (χ0v) is 8.84. The Hall–Kier alpha value is -0.570. The summed E-state index contributed by atoms with van der Waals surface area (Å²) in [5.74, 6) is 0.639. The Labute approximate surface area is 80.3 Å². The average Bonchev–Trinajstić information content (AvgIpc) is 2.47. The Balaban J connectivity index is 2.67. The van der Waals surface area contributed by atoms with Gasteiger partial charge in [-0.25, -0.2) is 0 Å². The smallest absolute Gasteiger partial charge is 0.223 e. The number of hydrogen-bond acceptors (Lipinski definition) is 2. The number of hydrogen-bond donors (Lipinski definition) is 1. The van der Waals surface area contributed by atoms with E-state index in [-0.39, 0.29) is 11.4 Å². The van der Waals surface area contributed by atoms with E-state index in [0.717, 1.165) is 13.0 Å². The topological polar surface area (TPSA) is 46.3 Å². The number of carbonyl (C=O) groups excluding carboxylic acids is 1. The molecule has 76 valence electrons. The van der Waals surface area contributed by atoms with Gasteiger partial charge in [-0.05, 0) is 32.7 Å². The first-order valence-electron chi connectivity index (χ1n) is 5.01. The van der Waals surface area contributed by atoms with Crippen LogP contribution in [0.1, 0.15) is 33.6 Å². The van der Waals surface area contributed by atoms with Crippen LogP contribution < -0.4 is 5.73 Å². The highest BCUT2D eigenvalue weighted by Gasteiger charge is 2.36. The second kappa shape index (κ2) is 3.66. The van der Waals surface area contributed by atoms with Gasteiger partial charge in [0.1, 0.15) is 0 Å². The lowest BCUT2D eigenvalue weighted by molar-refractivity contribution is -0.132. The number of carbonyl (C=O) groups is 1. The molecular formula is C10H20N2O. The molecule has 1 rings (SSSR count). The summed E-state index contributed by atoms with van der Waals surface area (Å²) in [5, 5.41) is 0. The zero-order chi connectivity index (χ0) is 10.1. The maximum atomic E-state index is 11.6. The van der Waals surface area contributed by atoms with Crippen LogP contribution in [-0.4, -0.2) is 29.4 Å². The largest absolute Gasteiger partial charge is 0.337 e. The summed E-state index contributed by atoms with van der Waals surface area (Å²) in [7, 11) is 0. The molecule has 1 aliphatic rings. The molecule has 1 amide bonds. The lowest BCUT2D eigenvalue weighted by atomic mass is 10.00. The van der Waals surface area contributed by atoms with Crippen molar-refractivity contribution in [1.29, 1.82) is 0 Å². The Bertz CT molecular complexity index is 201. The lowest BCUT2D eigenvalue weighted by Crippen LogP contribution is -2.44. The molecule has 0 saturated carbocycles. The zero-order valence-electron chi connectivity index (χ0n) is 8.84. The summed E-state index contributed by atoms with van der Waals surface area (Å²) in [5.41, 5.74) is 5.57. The number of nitrogens with zero attached hydrogens (tertiary/aromatic N) is 1. The van der Waals surface area contributed by atoms with Crippen LogP contribution in [0.3, 0.4) is 0 Å². The fraction of sp³-hybridized carbons (Fsp3) is 0.900. The molecule has 1 fully saturated rings. The van der Waals surface area contributed by atoms with E-state index in [0.29, 0.717) is 18.9 Å². The van der Waals surface area contributed by atoms with E-state index in [9.17, 15) is 4.79 Å². The predicted octanol–water partition coefficient (Wildman–Crippen LogP) is 0.982. The first-order chi connectivity index (χ1) is 6.01. The Morgan fingerprint density at radius 2 is 2.23 bits per heavy atom. The standard InChI is InChI=1S/C10H20N2O/c1-4-10(2,3)12-7-8(6-11)5-9(12)13/h8H,4-7,11H2,1-3H3. The molecule has 1 heterocycles. The minimum Gasteiger partial charge on any atom is -0.337 e. The molecule has 0 aromatic heterocycles. The molecule has 0 aromatic rings. The van der Waals surface area contributed by atoms with E-state index in [2.05, 4.69) is 20.8 Å². The third-order valence-corrected chi connectivity index (χ3v) is 3.13. The van der Waals surface area contributed by atoms with Crippen molar-refractivity contribution < 1.29 is 4.79 Å². The maximum Gasteiger partial charge on any atom is 0.223 e. The first-order valence-corrected chi connectivity index (χ1v) is 5.01. The van der Waals surface area contributed by atoms with Gasteiger partial charge in [0.25, 0.3) is 0 Å². The molecule has 1 unspecified atom stereocenters. The molecule has 0 bridgehead atoms. The fourth-order valence-corrected chi connectivity index (χ4v) is 1.72. The highest BCUT2D eigenvalue weighted by atomic mass is 16.2. The molecule has 1 saturated heterocycles. The summed E-state index contributed by atoms with van der Waals surface area (Å²) in [6, 6.07) is 0. The van der Waals surface area contributed by atoms with Crippen LogP contribution in [0, 0.1) is 5.92 Å². The van der Waals surface area contributed by atoms with E-state index in [1.165, 1.54) is 0 Å². The molecule has 1 atom stereocenters. The van der Waals surface area contributed by atoms with Gasteiger partial charge in [-0.15, -0.1) is 0 Å². The van der Waals surface area contributed by atoms with Crippen molar-refractivity contribution >= 4 is 5.91 Å². The number of amides is 1. The number of rotatable bonds is 3. The fourth-order valence-electron chi connectivity index (χ4n) is 1.72. The van der Waals surface area contributed by atoms with Crippen LogP contribution in [-0.2, 0) is 4.79 Å². The van der Waals surface area contributed by atoms with Gasteiger partial charge in [0, 0.05) is 18.5 Å². The van der Waals surface area contributed by atoms with Gasteiger partial charge in [-0.3, -0.25) is 4.79 Å². The second-order valence-corrected chi connectivity index (χ2v) is 4.48.